The van der Waals surface area contributed by atoms with Crippen LogP contribution in [-0.2, 0) is 19.5 Å². The molecule has 0 bridgehead atoms. The Morgan fingerprint density at radius 2 is 2.07 bits per heavy atom. The molecular weight excluding hydrogens is 386 g/mol. The molecule has 3 N–H and O–H groups in total. The topological polar surface area (TPSA) is 91.5 Å². The number of aliphatic imine (C=N–C) groups is 1. The van der Waals surface area contributed by atoms with Crippen LogP contribution in [0.15, 0.2) is 58.3 Å². The third-order valence-corrected chi connectivity index (χ3v) is 5.15. The maximum Gasteiger partial charge on any atom is 0.251 e. The number of furan rings is 1. The molecular formula is C21H25N5O2S. The van der Waals surface area contributed by atoms with Gasteiger partial charge in [-0.25, -0.2) is 4.98 Å². The van der Waals surface area contributed by atoms with Crippen molar-refractivity contribution >= 4 is 23.2 Å². The average molecular weight is 412 g/mol. The second-order valence-corrected chi connectivity index (χ2v) is 7.75. The monoisotopic (exact) mass is 411 g/mol. The number of hydrogen-bond acceptors (Lipinski definition) is 5. The summed E-state index contributed by atoms with van der Waals surface area (Å²) in [5.74, 6) is 1.30. The van der Waals surface area contributed by atoms with Crippen molar-refractivity contribution < 1.29 is 9.21 Å². The standard InChI is InChI=1S/C21H25N5O2S/c1-15-12-24-19(29-15)8-9-23-21(22-2)26-13-16-5-3-6-17(11-16)20(27)25-14-18-7-4-10-28-18/h3-7,10-12H,8-9,13-14H2,1-2H3,(H,25,27)(H2,22,23,26). The van der Waals surface area contributed by atoms with E-state index in [4.69, 9.17) is 4.42 Å². The third-order valence-electron chi connectivity index (χ3n) is 4.18. The summed E-state index contributed by atoms with van der Waals surface area (Å²) in [5, 5.41) is 10.5. The normalized spacial score (nSPS) is 11.3. The molecule has 1 amide bonds. The van der Waals surface area contributed by atoms with Crippen molar-refractivity contribution in [1.82, 2.24) is 20.9 Å². The van der Waals surface area contributed by atoms with Crippen LogP contribution in [-0.4, -0.2) is 30.4 Å². The van der Waals surface area contributed by atoms with Gasteiger partial charge >= 0.3 is 0 Å². The van der Waals surface area contributed by atoms with E-state index < -0.39 is 0 Å². The molecule has 7 nitrogen and oxygen atoms in total. The smallest absolute Gasteiger partial charge is 0.251 e. The average Bonchev–Trinajstić information content (AvgIpc) is 3.40. The Hall–Kier alpha value is -3.13. The van der Waals surface area contributed by atoms with Gasteiger partial charge in [0.25, 0.3) is 5.91 Å². The SMILES string of the molecule is CN=C(NCCc1ncc(C)s1)NCc1cccc(C(=O)NCc2ccco2)c1. The number of aromatic nitrogens is 1. The molecule has 152 valence electrons. The molecule has 3 aromatic rings. The predicted octanol–water partition coefficient (Wildman–Crippen LogP) is 2.88. The first-order chi connectivity index (χ1) is 14.1. The van der Waals surface area contributed by atoms with E-state index >= 15 is 0 Å². The minimum Gasteiger partial charge on any atom is -0.467 e. The zero-order valence-corrected chi connectivity index (χ0v) is 17.4. The maximum absolute atomic E-state index is 12.3. The summed E-state index contributed by atoms with van der Waals surface area (Å²) in [6.07, 6.45) is 4.34. The number of amides is 1. The molecule has 0 fully saturated rings. The van der Waals surface area contributed by atoms with Gasteiger partial charge in [-0.1, -0.05) is 12.1 Å². The minimum atomic E-state index is -0.135. The number of guanidine groups is 1. The summed E-state index contributed by atoms with van der Waals surface area (Å²) in [6.45, 7) is 3.74. The largest absolute Gasteiger partial charge is 0.467 e. The summed E-state index contributed by atoms with van der Waals surface area (Å²) >= 11 is 1.71. The van der Waals surface area contributed by atoms with E-state index in [1.54, 1.807) is 36.8 Å². The Morgan fingerprint density at radius 1 is 1.17 bits per heavy atom. The number of thiazole rings is 1. The van der Waals surface area contributed by atoms with Crippen molar-refractivity contribution in [2.45, 2.75) is 26.4 Å². The predicted molar refractivity (Wildman–Crippen MR) is 115 cm³/mol. The summed E-state index contributed by atoms with van der Waals surface area (Å²) in [6, 6.07) is 11.1. The summed E-state index contributed by atoms with van der Waals surface area (Å²) in [4.78, 5) is 22.2. The summed E-state index contributed by atoms with van der Waals surface area (Å²) in [7, 11) is 1.74. The van der Waals surface area contributed by atoms with Gasteiger partial charge in [0.1, 0.15) is 5.76 Å². The molecule has 0 aliphatic heterocycles. The van der Waals surface area contributed by atoms with Crippen LogP contribution in [0.25, 0.3) is 0 Å². The Kier molecular flexibility index (Phi) is 7.40. The highest BCUT2D eigenvalue weighted by molar-refractivity contribution is 7.11. The van der Waals surface area contributed by atoms with Gasteiger partial charge in [-0.3, -0.25) is 9.79 Å². The maximum atomic E-state index is 12.3. The molecule has 0 spiro atoms. The molecule has 0 radical (unpaired) electrons. The fraction of sp³-hybridized carbons (Fsp3) is 0.286. The van der Waals surface area contributed by atoms with E-state index in [1.807, 2.05) is 30.5 Å². The van der Waals surface area contributed by atoms with Crippen LogP contribution in [0.1, 0.15) is 31.6 Å². The second kappa shape index (κ2) is 10.4. The summed E-state index contributed by atoms with van der Waals surface area (Å²) in [5.41, 5.74) is 1.60. The molecule has 0 aliphatic rings. The lowest BCUT2D eigenvalue weighted by molar-refractivity contribution is 0.0948. The van der Waals surface area contributed by atoms with Crippen LogP contribution in [0.4, 0.5) is 0 Å². The molecule has 0 saturated heterocycles. The van der Waals surface area contributed by atoms with Gasteiger partial charge in [0.2, 0.25) is 0 Å². The molecule has 0 unspecified atom stereocenters. The van der Waals surface area contributed by atoms with Crippen molar-refractivity contribution in [3.63, 3.8) is 0 Å². The van der Waals surface area contributed by atoms with Crippen LogP contribution in [0, 0.1) is 6.92 Å². The van der Waals surface area contributed by atoms with E-state index in [-0.39, 0.29) is 5.91 Å². The number of carbonyl (C=O) groups excluding carboxylic acids is 1. The third kappa shape index (κ3) is 6.46. The van der Waals surface area contributed by atoms with Crippen molar-refractivity contribution in [1.29, 1.82) is 0 Å². The molecule has 0 atom stereocenters. The molecule has 2 aromatic heterocycles. The van der Waals surface area contributed by atoms with E-state index in [0.717, 1.165) is 29.3 Å². The number of nitrogens with one attached hydrogen (secondary N) is 3. The van der Waals surface area contributed by atoms with Gasteiger partial charge in [-0.15, -0.1) is 11.3 Å². The zero-order valence-electron chi connectivity index (χ0n) is 16.6. The van der Waals surface area contributed by atoms with Crippen molar-refractivity contribution in [3.8, 4) is 0 Å². The Labute approximate surface area is 174 Å². The first-order valence-electron chi connectivity index (χ1n) is 9.39. The number of nitrogens with zero attached hydrogens (tertiary/aromatic N) is 2. The van der Waals surface area contributed by atoms with E-state index in [1.165, 1.54) is 4.88 Å². The quantitative estimate of drug-likeness (QED) is 0.392. The molecule has 0 aliphatic carbocycles. The lowest BCUT2D eigenvalue weighted by atomic mass is 10.1. The minimum absolute atomic E-state index is 0.135. The number of carbonyl (C=O) groups is 1. The van der Waals surface area contributed by atoms with Gasteiger partial charge in [0, 0.05) is 43.2 Å². The second-order valence-electron chi connectivity index (χ2n) is 6.43. The van der Waals surface area contributed by atoms with E-state index in [0.29, 0.717) is 24.6 Å². The molecule has 3 rings (SSSR count). The van der Waals surface area contributed by atoms with Crippen LogP contribution < -0.4 is 16.0 Å². The van der Waals surface area contributed by atoms with Crippen LogP contribution >= 0.6 is 11.3 Å². The molecule has 8 heteroatoms. The molecule has 0 saturated carbocycles. The highest BCUT2D eigenvalue weighted by Crippen LogP contribution is 2.11. The van der Waals surface area contributed by atoms with Crippen molar-refractivity contribution in [2.24, 2.45) is 4.99 Å². The highest BCUT2D eigenvalue weighted by atomic mass is 32.1. The summed E-state index contributed by atoms with van der Waals surface area (Å²) < 4.78 is 5.23. The lowest BCUT2D eigenvalue weighted by Crippen LogP contribution is -2.37. The number of hydrogen-bond donors (Lipinski definition) is 3. The van der Waals surface area contributed by atoms with Gasteiger partial charge < -0.3 is 20.4 Å². The number of rotatable bonds is 8. The Morgan fingerprint density at radius 3 is 2.79 bits per heavy atom. The van der Waals surface area contributed by atoms with E-state index in [2.05, 4.69) is 32.9 Å². The van der Waals surface area contributed by atoms with Gasteiger partial charge in [-0.2, -0.15) is 0 Å². The van der Waals surface area contributed by atoms with Gasteiger partial charge in [0.05, 0.1) is 17.8 Å². The Bertz CT molecular complexity index is 950. The van der Waals surface area contributed by atoms with Crippen molar-refractivity contribution in [2.75, 3.05) is 13.6 Å². The fourth-order valence-electron chi connectivity index (χ4n) is 2.72. The van der Waals surface area contributed by atoms with Gasteiger partial charge in [0.15, 0.2) is 5.96 Å². The van der Waals surface area contributed by atoms with Crippen LogP contribution in [0.2, 0.25) is 0 Å². The lowest BCUT2D eigenvalue weighted by Gasteiger charge is -2.12. The molecule has 29 heavy (non-hydrogen) atoms. The molecule has 1 aromatic carbocycles. The highest BCUT2D eigenvalue weighted by Gasteiger charge is 2.07. The number of aryl methyl sites for hydroxylation is 1. The zero-order chi connectivity index (χ0) is 20.5. The molecule has 2 heterocycles. The fourth-order valence-corrected chi connectivity index (χ4v) is 3.50. The number of benzene rings is 1. The first-order valence-corrected chi connectivity index (χ1v) is 10.2. The van der Waals surface area contributed by atoms with Crippen LogP contribution in [0.5, 0.6) is 0 Å². The Balaban J connectivity index is 1.46. The van der Waals surface area contributed by atoms with Crippen molar-refractivity contribution in [3.05, 3.63) is 75.6 Å². The van der Waals surface area contributed by atoms with Crippen LogP contribution in [0.3, 0.4) is 0 Å². The van der Waals surface area contributed by atoms with E-state index in [9.17, 15) is 4.79 Å². The first kappa shape index (κ1) is 20.6. The van der Waals surface area contributed by atoms with Gasteiger partial charge in [-0.05, 0) is 36.8 Å².